The van der Waals surface area contributed by atoms with Gasteiger partial charge in [0.1, 0.15) is 17.5 Å². The lowest BCUT2D eigenvalue weighted by atomic mass is 10.0. The summed E-state index contributed by atoms with van der Waals surface area (Å²) in [5.74, 6) is -2.83. The van der Waals surface area contributed by atoms with Crippen molar-refractivity contribution in [3.05, 3.63) is 70.5 Å². The first-order valence-electron chi connectivity index (χ1n) is 5.25. The van der Waals surface area contributed by atoms with Crippen molar-refractivity contribution in [3.8, 4) is 0 Å². The summed E-state index contributed by atoms with van der Waals surface area (Å²) in [6.07, 6.45) is 0. The first-order chi connectivity index (χ1) is 8.49. The second kappa shape index (κ2) is 4.64. The van der Waals surface area contributed by atoms with Crippen LogP contribution in [0, 0.1) is 24.4 Å². The van der Waals surface area contributed by atoms with Crippen LogP contribution in [0.5, 0.6) is 0 Å². The van der Waals surface area contributed by atoms with Gasteiger partial charge >= 0.3 is 0 Å². The predicted octanol–water partition coefficient (Wildman–Crippen LogP) is 3.64. The van der Waals surface area contributed by atoms with Gasteiger partial charge in [-0.15, -0.1) is 0 Å². The third-order valence-corrected chi connectivity index (χ3v) is 2.58. The third kappa shape index (κ3) is 2.27. The van der Waals surface area contributed by atoms with E-state index in [1.807, 2.05) is 0 Å². The zero-order chi connectivity index (χ0) is 13.3. The third-order valence-electron chi connectivity index (χ3n) is 2.58. The van der Waals surface area contributed by atoms with Crippen molar-refractivity contribution in [3.63, 3.8) is 0 Å². The summed E-state index contributed by atoms with van der Waals surface area (Å²) in [6, 6.07) is 6.62. The van der Waals surface area contributed by atoms with E-state index in [2.05, 4.69) is 0 Å². The Balaban J connectivity index is 2.49. The topological polar surface area (TPSA) is 17.1 Å². The van der Waals surface area contributed by atoms with Crippen LogP contribution in [-0.4, -0.2) is 5.78 Å². The SMILES string of the molecule is Cc1cc(F)c(C(=O)c2cccc(F)c2)cc1F. The van der Waals surface area contributed by atoms with Gasteiger partial charge in [-0.2, -0.15) is 0 Å². The molecule has 0 aliphatic carbocycles. The molecule has 0 bridgehead atoms. The highest BCUT2D eigenvalue weighted by Crippen LogP contribution is 2.18. The van der Waals surface area contributed by atoms with Crippen molar-refractivity contribution >= 4 is 5.78 Å². The van der Waals surface area contributed by atoms with E-state index in [9.17, 15) is 18.0 Å². The molecule has 0 aliphatic rings. The molecule has 2 rings (SSSR count). The highest BCUT2D eigenvalue weighted by Gasteiger charge is 2.16. The van der Waals surface area contributed by atoms with Gasteiger partial charge in [0.25, 0.3) is 0 Å². The Morgan fingerprint density at radius 2 is 1.72 bits per heavy atom. The molecule has 0 N–H and O–H groups in total. The largest absolute Gasteiger partial charge is 0.288 e. The number of hydrogen-bond acceptors (Lipinski definition) is 1. The second-order valence-electron chi connectivity index (χ2n) is 3.92. The molecule has 0 saturated carbocycles. The molecule has 0 radical (unpaired) electrons. The number of aryl methyl sites for hydroxylation is 1. The van der Waals surface area contributed by atoms with Crippen molar-refractivity contribution in [2.75, 3.05) is 0 Å². The summed E-state index contributed by atoms with van der Waals surface area (Å²) in [6.45, 7) is 1.40. The van der Waals surface area contributed by atoms with Crippen LogP contribution in [0.3, 0.4) is 0 Å². The van der Waals surface area contributed by atoms with E-state index in [1.54, 1.807) is 0 Å². The van der Waals surface area contributed by atoms with Gasteiger partial charge in [0.05, 0.1) is 5.56 Å². The molecule has 0 spiro atoms. The van der Waals surface area contributed by atoms with Gasteiger partial charge in [0, 0.05) is 5.56 Å². The monoisotopic (exact) mass is 250 g/mol. The highest BCUT2D eigenvalue weighted by atomic mass is 19.1. The van der Waals surface area contributed by atoms with E-state index >= 15 is 0 Å². The summed E-state index contributed by atoms with van der Waals surface area (Å²) in [4.78, 5) is 11.9. The van der Waals surface area contributed by atoms with Crippen LogP contribution >= 0.6 is 0 Å². The van der Waals surface area contributed by atoms with Gasteiger partial charge in [0.15, 0.2) is 5.78 Å². The molecule has 0 heterocycles. The van der Waals surface area contributed by atoms with Crippen LogP contribution in [-0.2, 0) is 0 Å². The zero-order valence-corrected chi connectivity index (χ0v) is 9.51. The number of halogens is 3. The standard InChI is InChI=1S/C14H9F3O/c1-8-5-13(17)11(7-12(8)16)14(18)9-3-2-4-10(15)6-9/h2-7H,1H3. The van der Waals surface area contributed by atoms with E-state index in [0.717, 1.165) is 18.2 Å². The molecule has 2 aromatic rings. The van der Waals surface area contributed by atoms with Gasteiger partial charge in [-0.3, -0.25) is 4.79 Å². The van der Waals surface area contributed by atoms with Gasteiger partial charge in [0.2, 0.25) is 0 Å². The maximum absolute atomic E-state index is 13.6. The molecule has 0 atom stereocenters. The van der Waals surface area contributed by atoms with Gasteiger partial charge < -0.3 is 0 Å². The molecular weight excluding hydrogens is 241 g/mol. The lowest BCUT2D eigenvalue weighted by Gasteiger charge is -2.05. The van der Waals surface area contributed by atoms with Crippen LogP contribution in [0.2, 0.25) is 0 Å². The Morgan fingerprint density at radius 3 is 2.39 bits per heavy atom. The van der Waals surface area contributed by atoms with Crippen molar-refractivity contribution in [2.24, 2.45) is 0 Å². The minimum Gasteiger partial charge on any atom is -0.288 e. The first kappa shape index (κ1) is 12.4. The van der Waals surface area contributed by atoms with Crippen LogP contribution in [0.25, 0.3) is 0 Å². The van der Waals surface area contributed by atoms with Crippen LogP contribution in [0.1, 0.15) is 21.5 Å². The minimum absolute atomic E-state index is 0.0165. The summed E-state index contributed by atoms with van der Waals surface area (Å²) in [7, 11) is 0. The number of hydrogen-bond donors (Lipinski definition) is 0. The minimum atomic E-state index is -0.817. The Kier molecular flexibility index (Phi) is 3.19. The van der Waals surface area contributed by atoms with E-state index < -0.39 is 28.8 Å². The predicted molar refractivity (Wildman–Crippen MR) is 60.9 cm³/mol. The van der Waals surface area contributed by atoms with Crippen LogP contribution in [0.4, 0.5) is 13.2 Å². The highest BCUT2D eigenvalue weighted by molar-refractivity contribution is 6.09. The molecule has 0 aromatic heterocycles. The van der Waals surface area contributed by atoms with Crippen LogP contribution < -0.4 is 0 Å². The number of carbonyl (C=O) groups is 1. The van der Waals surface area contributed by atoms with Crippen molar-refractivity contribution in [1.29, 1.82) is 0 Å². The fraction of sp³-hybridized carbons (Fsp3) is 0.0714. The van der Waals surface area contributed by atoms with Gasteiger partial charge in [-0.05, 0) is 36.8 Å². The molecule has 2 aromatic carbocycles. The Morgan fingerprint density at radius 1 is 1.00 bits per heavy atom. The van der Waals surface area contributed by atoms with Crippen molar-refractivity contribution in [2.45, 2.75) is 6.92 Å². The van der Waals surface area contributed by atoms with Gasteiger partial charge in [-0.1, -0.05) is 12.1 Å². The Bertz CT molecular complexity index is 620. The Labute approximate surface area is 102 Å². The van der Waals surface area contributed by atoms with Crippen molar-refractivity contribution in [1.82, 2.24) is 0 Å². The molecule has 18 heavy (non-hydrogen) atoms. The maximum atomic E-state index is 13.6. The fourth-order valence-electron chi connectivity index (χ4n) is 1.61. The first-order valence-corrected chi connectivity index (χ1v) is 5.25. The molecule has 92 valence electrons. The second-order valence-corrected chi connectivity index (χ2v) is 3.92. The zero-order valence-electron chi connectivity index (χ0n) is 9.51. The summed E-state index contributed by atoms with van der Waals surface area (Å²) >= 11 is 0. The number of ketones is 1. The number of rotatable bonds is 2. The molecule has 0 saturated heterocycles. The van der Waals surface area contributed by atoms with Crippen molar-refractivity contribution < 1.29 is 18.0 Å². The number of carbonyl (C=O) groups excluding carboxylic acids is 1. The fourth-order valence-corrected chi connectivity index (χ4v) is 1.61. The van der Waals surface area contributed by atoms with E-state index in [1.165, 1.54) is 25.1 Å². The molecule has 4 heteroatoms. The lowest BCUT2D eigenvalue weighted by Crippen LogP contribution is -2.06. The van der Waals surface area contributed by atoms with E-state index in [4.69, 9.17) is 0 Å². The van der Waals surface area contributed by atoms with E-state index in [0.29, 0.717) is 0 Å². The summed E-state index contributed by atoms with van der Waals surface area (Å²) in [5.41, 5.74) is -0.302. The lowest BCUT2D eigenvalue weighted by molar-refractivity contribution is 0.103. The number of benzene rings is 2. The average Bonchev–Trinajstić information content (AvgIpc) is 2.33. The van der Waals surface area contributed by atoms with E-state index in [-0.39, 0.29) is 11.1 Å². The van der Waals surface area contributed by atoms with Gasteiger partial charge in [-0.25, -0.2) is 13.2 Å². The maximum Gasteiger partial charge on any atom is 0.196 e. The molecule has 0 unspecified atom stereocenters. The molecular formula is C14H9F3O. The molecule has 0 aliphatic heterocycles. The molecule has 0 amide bonds. The smallest absolute Gasteiger partial charge is 0.196 e. The Hall–Kier alpha value is -2.10. The quantitative estimate of drug-likeness (QED) is 0.743. The molecule has 0 fully saturated rings. The summed E-state index contributed by atoms with van der Waals surface area (Å²) in [5, 5.41) is 0. The average molecular weight is 250 g/mol. The normalized spacial score (nSPS) is 10.4. The molecule has 1 nitrogen and oxygen atoms in total. The summed E-state index contributed by atoms with van der Waals surface area (Å²) < 4.78 is 39.9. The van der Waals surface area contributed by atoms with Crippen LogP contribution in [0.15, 0.2) is 36.4 Å².